The van der Waals surface area contributed by atoms with Crippen molar-refractivity contribution in [2.45, 2.75) is 23.7 Å². The zero-order chi connectivity index (χ0) is 19.8. The Morgan fingerprint density at radius 3 is 2.21 bits per heavy atom. The largest absolute Gasteiger partial charge is 0.497 e. The highest BCUT2D eigenvalue weighted by Crippen LogP contribution is 2.26. The Labute approximate surface area is 169 Å². The van der Waals surface area contributed by atoms with Crippen LogP contribution in [0, 0.1) is 0 Å². The number of benzene rings is 3. The molecule has 144 valence electrons. The molecule has 0 saturated carbocycles. The molecule has 0 bridgehead atoms. The second-order valence-electron chi connectivity index (χ2n) is 6.22. The van der Waals surface area contributed by atoms with Gasteiger partial charge in [-0.3, -0.25) is 4.79 Å². The smallest absolute Gasteiger partial charge is 0.237 e. The minimum absolute atomic E-state index is 0.0428. The number of carbonyl (C=O) groups is 1. The zero-order valence-electron chi connectivity index (χ0n) is 15.9. The molecule has 28 heavy (non-hydrogen) atoms. The average Bonchev–Trinajstić information content (AvgIpc) is 2.74. The molecule has 5 heteroatoms. The van der Waals surface area contributed by atoms with E-state index in [1.807, 2.05) is 85.8 Å². The van der Waals surface area contributed by atoms with Crippen molar-refractivity contribution >= 4 is 23.4 Å². The summed E-state index contributed by atoms with van der Waals surface area (Å²) in [7, 11) is 1.64. The molecule has 0 aliphatic heterocycles. The summed E-state index contributed by atoms with van der Waals surface area (Å²) >= 11 is 1.51. The van der Waals surface area contributed by atoms with Crippen molar-refractivity contribution in [3.05, 3.63) is 84.4 Å². The highest BCUT2D eigenvalue weighted by molar-refractivity contribution is 8.00. The molecule has 1 N–H and O–H groups in total. The second-order valence-corrected chi connectivity index (χ2v) is 7.64. The van der Waals surface area contributed by atoms with Crippen LogP contribution in [0.1, 0.15) is 12.5 Å². The average molecular weight is 394 g/mol. The highest BCUT2D eigenvalue weighted by atomic mass is 32.2. The van der Waals surface area contributed by atoms with Crippen LogP contribution in [-0.2, 0) is 11.4 Å². The van der Waals surface area contributed by atoms with Crippen LogP contribution in [0.3, 0.4) is 0 Å². The molecular weight excluding hydrogens is 370 g/mol. The summed E-state index contributed by atoms with van der Waals surface area (Å²) in [5, 5.41) is 2.73. The van der Waals surface area contributed by atoms with E-state index in [2.05, 4.69) is 5.32 Å². The third-order valence-electron chi connectivity index (χ3n) is 4.11. The lowest BCUT2D eigenvalue weighted by Gasteiger charge is -2.13. The highest BCUT2D eigenvalue weighted by Gasteiger charge is 2.14. The molecule has 3 rings (SSSR count). The van der Waals surface area contributed by atoms with Gasteiger partial charge in [0.15, 0.2) is 0 Å². The van der Waals surface area contributed by atoms with Gasteiger partial charge in [-0.2, -0.15) is 0 Å². The van der Waals surface area contributed by atoms with Crippen molar-refractivity contribution in [3.8, 4) is 11.5 Å². The van der Waals surface area contributed by atoms with Crippen molar-refractivity contribution in [2.24, 2.45) is 0 Å². The summed E-state index contributed by atoms with van der Waals surface area (Å²) < 4.78 is 10.9. The molecule has 3 aromatic rings. The molecule has 0 aliphatic rings. The van der Waals surface area contributed by atoms with E-state index in [9.17, 15) is 4.79 Å². The molecule has 0 saturated heterocycles. The molecule has 1 atom stereocenters. The Hall–Kier alpha value is -2.92. The lowest BCUT2D eigenvalue weighted by atomic mass is 10.2. The predicted octanol–water partition coefficient (Wildman–Crippen LogP) is 5.39. The number of rotatable bonds is 8. The molecule has 0 aliphatic carbocycles. The number of ether oxygens (including phenoxy) is 2. The summed E-state index contributed by atoms with van der Waals surface area (Å²) in [5.74, 6) is 1.53. The van der Waals surface area contributed by atoms with Crippen LogP contribution in [-0.4, -0.2) is 18.3 Å². The van der Waals surface area contributed by atoms with Crippen LogP contribution in [0.15, 0.2) is 83.8 Å². The van der Waals surface area contributed by atoms with Crippen LogP contribution in [0.2, 0.25) is 0 Å². The van der Waals surface area contributed by atoms with E-state index in [1.165, 1.54) is 11.8 Å². The van der Waals surface area contributed by atoms with Gasteiger partial charge in [-0.1, -0.05) is 30.3 Å². The fraction of sp³-hybridized carbons (Fsp3) is 0.174. The number of thioether (sulfide) groups is 1. The normalized spacial score (nSPS) is 11.5. The van der Waals surface area contributed by atoms with E-state index in [4.69, 9.17) is 9.47 Å². The lowest BCUT2D eigenvalue weighted by Crippen LogP contribution is -2.22. The van der Waals surface area contributed by atoms with Gasteiger partial charge < -0.3 is 14.8 Å². The Morgan fingerprint density at radius 1 is 0.929 bits per heavy atom. The summed E-state index contributed by atoms with van der Waals surface area (Å²) in [6.45, 7) is 2.41. The number of hydrogen-bond donors (Lipinski definition) is 1. The minimum Gasteiger partial charge on any atom is -0.497 e. The van der Waals surface area contributed by atoms with Crippen LogP contribution in [0.4, 0.5) is 5.69 Å². The Morgan fingerprint density at radius 2 is 1.57 bits per heavy atom. The fourth-order valence-corrected chi connectivity index (χ4v) is 3.40. The summed E-state index contributed by atoms with van der Waals surface area (Å²) in [6.07, 6.45) is 0. The van der Waals surface area contributed by atoms with Gasteiger partial charge in [-0.25, -0.2) is 0 Å². The Bertz CT molecular complexity index is 880. The number of nitrogens with one attached hydrogen (secondary N) is 1. The maximum atomic E-state index is 12.4. The van der Waals surface area contributed by atoms with E-state index < -0.39 is 0 Å². The summed E-state index contributed by atoms with van der Waals surface area (Å²) in [4.78, 5) is 13.5. The second kappa shape index (κ2) is 9.85. The third-order valence-corrected chi connectivity index (χ3v) is 5.22. The Balaban J connectivity index is 1.50. The first-order valence-electron chi connectivity index (χ1n) is 9.02. The van der Waals surface area contributed by atoms with E-state index >= 15 is 0 Å². The van der Waals surface area contributed by atoms with Gasteiger partial charge >= 0.3 is 0 Å². The van der Waals surface area contributed by atoms with Crippen LogP contribution in [0.25, 0.3) is 0 Å². The molecule has 0 aromatic heterocycles. The minimum atomic E-state index is -0.220. The molecule has 0 unspecified atom stereocenters. The first-order valence-corrected chi connectivity index (χ1v) is 9.90. The molecule has 0 spiro atoms. The summed E-state index contributed by atoms with van der Waals surface area (Å²) in [6, 6.07) is 25.1. The van der Waals surface area contributed by atoms with Crippen LogP contribution < -0.4 is 14.8 Å². The van der Waals surface area contributed by atoms with Gasteiger partial charge in [0.1, 0.15) is 18.1 Å². The molecule has 3 aromatic carbocycles. The SMILES string of the molecule is COc1ccc(S[C@H](C)C(=O)Nc2ccc(OCc3ccccc3)cc2)cc1. The van der Waals surface area contributed by atoms with Gasteiger partial charge in [0.05, 0.1) is 12.4 Å². The first-order chi connectivity index (χ1) is 13.6. The molecule has 1 amide bonds. The molecule has 0 heterocycles. The monoisotopic (exact) mass is 393 g/mol. The zero-order valence-corrected chi connectivity index (χ0v) is 16.7. The van der Waals surface area contributed by atoms with Crippen molar-refractivity contribution in [2.75, 3.05) is 12.4 Å². The fourth-order valence-electron chi connectivity index (χ4n) is 2.53. The number of hydrogen-bond acceptors (Lipinski definition) is 4. The maximum Gasteiger partial charge on any atom is 0.237 e. The Kier molecular flexibility index (Phi) is 6.98. The van der Waals surface area contributed by atoms with Crippen LogP contribution in [0.5, 0.6) is 11.5 Å². The quantitative estimate of drug-likeness (QED) is 0.521. The number of amides is 1. The number of carbonyl (C=O) groups excluding carboxylic acids is 1. The maximum absolute atomic E-state index is 12.4. The number of anilines is 1. The molecule has 4 nitrogen and oxygen atoms in total. The van der Waals surface area contributed by atoms with Gasteiger partial charge in [0.2, 0.25) is 5.91 Å². The first kappa shape index (κ1) is 19.8. The van der Waals surface area contributed by atoms with Crippen molar-refractivity contribution in [1.82, 2.24) is 0 Å². The molecule has 0 fully saturated rings. The topological polar surface area (TPSA) is 47.6 Å². The molecule has 0 radical (unpaired) electrons. The van der Waals surface area contributed by atoms with Crippen molar-refractivity contribution in [3.63, 3.8) is 0 Å². The van der Waals surface area contributed by atoms with Crippen molar-refractivity contribution in [1.29, 1.82) is 0 Å². The van der Waals surface area contributed by atoms with Gasteiger partial charge in [0, 0.05) is 10.6 Å². The van der Waals surface area contributed by atoms with E-state index in [0.29, 0.717) is 6.61 Å². The number of methoxy groups -OCH3 is 1. The lowest BCUT2D eigenvalue weighted by molar-refractivity contribution is -0.115. The van der Waals surface area contributed by atoms with Gasteiger partial charge in [-0.15, -0.1) is 11.8 Å². The molecular formula is C23H23NO3S. The van der Waals surface area contributed by atoms with Crippen molar-refractivity contribution < 1.29 is 14.3 Å². The van der Waals surface area contributed by atoms with E-state index in [0.717, 1.165) is 27.6 Å². The predicted molar refractivity (Wildman–Crippen MR) is 114 cm³/mol. The van der Waals surface area contributed by atoms with Gasteiger partial charge in [-0.05, 0) is 61.0 Å². The van der Waals surface area contributed by atoms with Gasteiger partial charge in [0.25, 0.3) is 0 Å². The van der Waals surface area contributed by atoms with E-state index in [-0.39, 0.29) is 11.2 Å². The van der Waals surface area contributed by atoms with Crippen LogP contribution >= 0.6 is 11.8 Å². The standard InChI is InChI=1S/C23H23NO3S/c1-17(28-22-14-12-20(26-2)13-15-22)23(25)24-19-8-10-21(11-9-19)27-16-18-6-4-3-5-7-18/h3-15,17H,16H2,1-2H3,(H,24,25)/t17-/m1/s1. The summed E-state index contributed by atoms with van der Waals surface area (Å²) in [5.41, 5.74) is 1.86. The van der Waals surface area contributed by atoms with E-state index in [1.54, 1.807) is 7.11 Å². The third kappa shape index (κ3) is 5.79.